The molecule has 2 fully saturated rings. The Kier molecular flexibility index (Phi) is 11.0. The summed E-state index contributed by atoms with van der Waals surface area (Å²) in [6.45, 7) is 2.25. The fourth-order valence-corrected chi connectivity index (χ4v) is 6.44. The number of rotatable bonds is 12. The van der Waals surface area contributed by atoms with Gasteiger partial charge in [-0.3, -0.25) is 28.6 Å². The molecule has 2 aliphatic rings. The van der Waals surface area contributed by atoms with Crippen LogP contribution in [0.4, 0.5) is 5.82 Å². The number of hydrogen-bond donors (Lipinski definition) is 11. The third kappa shape index (κ3) is 8.01. The number of carbonyl (C=O) groups excluding carboxylic acids is 1. The molecule has 0 spiro atoms. The highest BCUT2D eigenvalue weighted by atomic mass is 31.2. The highest BCUT2D eigenvalue weighted by Gasteiger charge is 2.47. The Hall–Kier alpha value is -2.24. The number of aromatic nitrogens is 4. The lowest BCUT2D eigenvalue weighted by Crippen LogP contribution is -2.59. The van der Waals surface area contributed by atoms with Gasteiger partial charge >= 0.3 is 15.5 Å². The summed E-state index contributed by atoms with van der Waals surface area (Å²) < 4.78 is 46.7. The minimum absolute atomic E-state index is 0.0919. The topological polar surface area (TPSA) is 338 Å². The molecule has 254 valence electrons. The van der Waals surface area contributed by atoms with Gasteiger partial charge in [0, 0.05) is 6.42 Å². The second kappa shape index (κ2) is 13.9. The molecule has 2 aromatic rings. The number of hydrogen-bond acceptors (Lipinski definition) is 17. The average Bonchev–Trinajstić information content (AvgIpc) is 3.54. The molecule has 11 N–H and O–H groups in total. The van der Waals surface area contributed by atoms with Crippen LogP contribution in [-0.4, -0.2) is 133 Å². The summed E-state index contributed by atoms with van der Waals surface area (Å²) in [7, 11) is -9.98. The van der Waals surface area contributed by atoms with Crippen molar-refractivity contribution >= 4 is 38.4 Å². The van der Waals surface area contributed by atoms with E-state index in [9.17, 15) is 59.5 Å². The van der Waals surface area contributed by atoms with Crippen LogP contribution in [0.25, 0.3) is 11.2 Å². The highest BCUT2D eigenvalue weighted by molar-refractivity contribution is 7.54. The number of aliphatic hydroxyl groups is 7. The van der Waals surface area contributed by atoms with Crippen LogP contribution >= 0.6 is 15.5 Å². The first-order chi connectivity index (χ1) is 20.9. The van der Waals surface area contributed by atoms with Crippen LogP contribution in [0.1, 0.15) is 26.5 Å². The Morgan fingerprint density at radius 3 is 2.40 bits per heavy atom. The van der Waals surface area contributed by atoms with Crippen molar-refractivity contribution in [2.24, 2.45) is 5.92 Å². The molecule has 4 heterocycles. The summed E-state index contributed by atoms with van der Waals surface area (Å²) in [4.78, 5) is 44.5. The maximum absolute atomic E-state index is 12.9. The quantitative estimate of drug-likeness (QED) is 0.0958. The molecular formula is C21H34N6O16P2. The Morgan fingerprint density at radius 2 is 1.76 bits per heavy atom. The molecule has 1 amide bonds. The van der Waals surface area contributed by atoms with E-state index in [4.69, 9.17) is 18.5 Å². The zero-order valence-electron chi connectivity index (χ0n) is 23.5. The molecule has 45 heavy (non-hydrogen) atoms. The summed E-state index contributed by atoms with van der Waals surface area (Å²) >= 11 is 0. The van der Waals surface area contributed by atoms with E-state index < -0.39 is 108 Å². The van der Waals surface area contributed by atoms with E-state index in [1.807, 2.05) is 0 Å². The van der Waals surface area contributed by atoms with E-state index in [1.54, 1.807) is 5.09 Å². The highest BCUT2D eigenvalue weighted by Crippen LogP contribution is 2.47. The lowest BCUT2D eigenvalue weighted by atomic mass is 9.99. The number of ether oxygens (including phenoxy) is 2. The van der Waals surface area contributed by atoms with Gasteiger partial charge in [0.15, 0.2) is 41.9 Å². The molecule has 4 rings (SSSR count). The monoisotopic (exact) mass is 688 g/mol. The molecule has 0 bridgehead atoms. The van der Waals surface area contributed by atoms with Crippen LogP contribution in [0.3, 0.4) is 0 Å². The molecule has 2 aromatic heterocycles. The third-order valence-electron chi connectivity index (χ3n) is 6.83. The first-order valence-corrected chi connectivity index (χ1v) is 16.4. The van der Waals surface area contributed by atoms with Gasteiger partial charge in [-0.25, -0.2) is 24.1 Å². The summed E-state index contributed by atoms with van der Waals surface area (Å²) in [5.74, 6) is -2.34. The second-order valence-electron chi connectivity index (χ2n) is 10.5. The summed E-state index contributed by atoms with van der Waals surface area (Å²) in [5, 5.41) is 73.4. The van der Waals surface area contributed by atoms with Crippen molar-refractivity contribution in [2.45, 2.75) is 81.8 Å². The average molecular weight is 688 g/mol. The van der Waals surface area contributed by atoms with Crippen molar-refractivity contribution in [1.29, 1.82) is 0 Å². The normalized spacial score (nSPS) is 33.0. The minimum Gasteiger partial charge on any atom is -0.394 e. The van der Waals surface area contributed by atoms with E-state index in [1.165, 1.54) is 13.8 Å². The third-order valence-corrected chi connectivity index (χ3v) is 8.88. The van der Waals surface area contributed by atoms with Gasteiger partial charge in [-0.15, -0.1) is 0 Å². The van der Waals surface area contributed by atoms with E-state index in [2.05, 4.69) is 20.0 Å². The zero-order chi connectivity index (χ0) is 33.4. The van der Waals surface area contributed by atoms with Gasteiger partial charge in [0.05, 0.1) is 19.0 Å². The lowest BCUT2D eigenvalue weighted by Gasteiger charge is -2.40. The molecular weight excluding hydrogens is 654 g/mol. The van der Waals surface area contributed by atoms with Gasteiger partial charge in [0.1, 0.15) is 36.8 Å². The van der Waals surface area contributed by atoms with Crippen molar-refractivity contribution in [3.8, 4) is 0 Å². The van der Waals surface area contributed by atoms with Crippen LogP contribution in [0, 0.1) is 5.92 Å². The molecule has 0 saturated carbocycles. The van der Waals surface area contributed by atoms with Gasteiger partial charge in [0.25, 0.3) is 5.91 Å². The summed E-state index contributed by atoms with van der Waals surface area (Å²) in [6, 6.07) is 0. The Morgan fingerprint density at radius 1 is 1.07 bits per heavy atom. The summed E-state index contributed by atoms with van der Waals surface area (Å²) in [5.41, 5.74) is -0.263. The van der Waals surface area contributed by atoms with Crippen molar-refractivity contribution < 1.29 is 78.0 Å². The standard InChI is InChI=1S/C21H34N6O16P2/c1-7(2)12(30)15(33)19(34)26-45(38,39)42-10-3-8(29)20(41-10)27-6-24-11-17(22-5-23-18(11)27)25-44(36,37)43-16-14(32)13(31)9(4-28)40-21(16)35/h5-10,12-16,20-21,28-33,35H,3-4H2,1-2H3,(H2,26,34,38,39)(H2,22,23,25,36,37)/t8-,9+,10+,12-,13+,14-,15+,16+,20+,21+/m0/s1. The molecule has 2 aliphatic heterocycles. The molecule has 0 aromatic carbocycles. The maximum Gasteiger partial charge on any atom is 0.434 e. The van der Waals surface area contributed by atoms with Crippen LogP contribution < -0.4 is 10.2 Å². The number of carbonyl (C=O) groups is 1. The van der Waals surface area contributed by atoms with Crippen LogP contribution in [-0.2, 0) is 32.4 Å². The molecule has 24 heteroatoms. The molecule has 0 radical (unpaired) electrons. The number of nitrogens with zero attached hydrogens (tertiary/aromatic N) is 4. The molecule has 22 nitrogen and oxygen atoms in total. The Balaban J connectivity index is 1.45. The van der Waals surface area contributed by atoms with E-state index in [0.29, 0.717) is 0 Å². The van der Waals surface area contributed by atoms with E-state index in [-0.39, 0.29) is 11.2 Å². The van der Waals surface area contributed by atoms with Crippen LogP contribution in [0.5, 0.6) is 0 Å². The van der Waals surface area contributed by atoms with Crippen molar-refractivity contribution in [1.82, 2.24) is 24.6 Å². The van der Waals surface area contributed by atoms with Crippen molar-refractivity contribution in [2.75, 3.05) is 11.7 Å². The molecule has 0 aliphatic carbocycles. The minimum atomic E-state index is -5.00. The maximum atomic E-state index is 12.9. The fraction of sp³-hybridized carbons (Fsp3) is 0.714. The smallest absolute Gasteiger partial charge is 0.394 e. The number of amides is 1. The lowest BCUT2D eigenvalue weighted by molar-refractivity contribution is -0.281. The van der Waals surface area contributed by atoms with Gasteiger partial charge in [-0.2, -0.15) is 0 Å². The van der Waals surface area contributed by atoms with Crippen LogP contribution in [0.15, 0.2) is 12.7 Å². The molecule has 2 unspecified atom stereocenters. The summed E-state index contributed by atoms with van der Waals surface area (Å²) in [6.07, 6.45) is -15.3. The predicted octanol–water partition coefficient (Wildman–Crippen LogP) is -3.63. The first-order valence-electron chi connectivity index (χ1n) is 13.2. The largest absolute Gasteiger partial charge is 0.434 e. The second-order valence-corrected chi connectivity index (χ2v) is 13.5. The number of fused-ring (bicyclic) bond motifs is 1. The van der Waals surface area contributed by atoms with Crippen molar-refractivity contribution in [3.63, 3.8) is 0 Å². The molecule has 12 atom stereocenters. The number of anilines is 1. The number of imidazole rings is 1. The Bertz CT molecular complexity index is 1450. The predicted molar refractivity (Wildman–Crippen MR) is 144 cm³/mol. The van der Waals surface area contributed by atoms with Gasteiger partial charge in [-0.05, 0) is 5.92 Å². The Labute approximate surface area is 253 Å². The van der Waals surface area contributed by atoms with Gasteiger partial charge in [-0.1, -0.05) is 13.8 Å². The number of nitrogens with one attached hydrogen (secondary N) is 2. The SMILES string of the molecule is CC(C)[C@H](O)[C@@H](O)C(=O)NP(=O)(O)O[C@@H]1C[C@H](O)[C@H](n2cnc3c(NP(=O)(O)O[C@@H]4[C@@H](O)[C@H](O)[C@@H](CO)O[C@H]4O)ncnc32)O1. The first kappa shape index (κ1) is 35.6. The fourth-order valence-electron chi connectivity index (χ4n) is 4.48. The van der Waals surface area contributed by atoms with Gasteiger partial charge in [0.2, 0.25) is 0 Å². The number of aliphatic hydroxyl groups excluding tert-OH is 7. The zero-order valence-corrected chi connectivity index (χ0v) is 25.3. The van der Waals surface area contributed by atoms with Crippen molar-refractivity contribution in [3.05, 3.63) is 12.7 Å². The van der Waals surface area contributed by atoms with E-state index in [0.717, 1.165) is 17.2 Å². The molecule has 2 saturated heterocycles. The van der Waals surface area contributed by atoms with Crippen LogP contribution in [0.2, 0.25) is 0 Å². The van der Waals surface area contributed by atoms with Gasteiger partial charge < -0.3 is 55.0 Å². The van der Waals surface area contributed by atoms with E-state index >= 15 is 0 Å².